The molecule has 1 saturated heterocycles. The molecule has 0 atom stereocenters. The van der Waals surface area contributed by atoms with Crippen molar-refractivity contribution in [2.45, 2.75) is 0 Å². The standard InChI is InChI=1S/C8H5NO2S2/c10-7-6(13-8(11)9-7)3-5-1-2-12-4-5/h1-4H,(H,9,10,11). The number of imide groups is 1. The Kier molecular flexibility index (Phi) is 2.20. The zero-order valence-electron chi connectivity index (χ0n) is 6.44. The Bertz CT molecular complexity index is 381. The van der Waals surface area contributed by atoms with Crippen LogP contribution in [0.1, 0.15) is 5.56 Å². The molecule has 3 nitrogen and oxygen atoms in total. The van der Waals surface area contributed by atoms with Crippen molar-refractivity contribution in [2.75, 3.05) is 0 Å². The largest absolute Gasteiger partial charge is 0.290 e. The summed E-state index contributed by atoms with van der Waals surface area (Å²) in [6.07, 6.45) is 1.71. The highest BCUT2D eigenvalue weighted by atomic mass is 32.2. The van der Waals surface area contributed by atoms with E-state index in [1.54, 1.807) is 17.4 Å². The van der Waals surface area contributed by atoms with Crippen LogP contribution >= 0.6 is 23.1 Å². The fourth-order valence-electron chi connectivity index (χ4n) is 0.930. The van der Waals surface area contributed by atoms with Gasteiger partial charge in [-0.05, 0) is 40.2 Å². The molecule has 1 fully saturated rings. The van der Waals surface area contributed by atoms with Crippen LogP contribution in [-0.2, 0) is 4.79 Å². The fraction of sp³-hybridized carbons (Fsp3) is 0. The molecule has 2 rings (SSSR count). The lowest BCUT2D eigenvalue weighted by molar-refractivity contribution is -0.115. The zero-order valence-corrected chi connectivity index (χ0v) is 8.08. The average molecular weight is 211 g/mol. The number of carbonyl (C=O) groups excluding carboxylic acids is 2. The fourth-order valence-corrected chi connectivity index (χ4v) is 2.23. The Balaban J connectivity index is 2.27. The number of hydrogen-bond acceptors (Lipinski definition) is 4. The molecule has 0 aliphatic carbocycles. The second-order valence-electron chi connectivity index (χ2n) is 2.41. The lowest BCUT2D eigenvalue weighted by Crippen LogP contribution is -2.17. The molecule has 1 aromatic rings. The van der Waals surface area contributed by atoms with Gasteiger partial charge >= 0.3 is 0 Å². The van der Waals surface area contributed by atoms with Crippen LogP contribution in [0.2, 0.25) is 0 Å². The topological polar surface area (TPSA) is 46.2 Å². The van der Waals surface area contributed by atoms with Crippen LogP contribution in [-0.4, -0.2) is 11.1 Å². The van der Waals surface area contributed by atoms with Crippen molar-refractivity contribution in [1.82, 2.24) is 5.32 Å². The van der Waals surface area contributed by atoms with E-state index in [4.69, 9.17) is 0 Å². The summed E-state index contributed by atoms with van der Waals surface area (Å²) in [6, 6.07) is 1.90. The maximum atomic E-state index is 11.1. The molecule has 5 heteroatoms. The van der Waals surface area contributed by atoms with Crippen LogP contribution < -0.4 is 5.32 Å². The van der Waals surface area contributed by atoms with Gasteiger partial charge in [0.25, 0.3) is 11.1 Å². The number of amides is 2. The summed E-state index contributed by atoms with van der Waals surface area (Å²) in [5.74, 6) is -0.304. The third kappa shape index (κ3) is 1.81. The van der Waals surface area contributed by atoms with E-state index in [9.17, 15) is 9.59 Å². The second kappa shape index (κ2) is 3.35. The first-order chi connectivity index (χ1) is 6.25. The number of thiophene rings is 1. The molecule has 0 spiro atoms. The van der Waals surface area contributed by atoms with Crippen molar-refractivity contribution in [1.29, 1.82) is 0 Å². The van der Waals surface area contributed by atoms with Gasteiger partial charge in [-0.2, -0.15) is 11.3 Å². The first-order valence-corrected chi connectivity index (χ1v) is 5.29. The lowest BCUT2D eigenvalue weighted by atomic mass is 10.3. The van der Waals surface area contributed by atoms with Crippen molar-refractivity contribution in [3.05, 3.63) is 27.3 Å². The van der Waals surface area contributed by atoms with E-state index in [0.29, 0.717) is 4.91 Å². The van der Waals surface area contributed by atoms with Gasteiger partial charge in [-0.25, -0.2) is 0 Å². The van der Waals surface area contributed by atoms with E-state index in [2.05, 4.69) is 5.32 Å². The zero-order chi connectivity index (χ0) is 9.26. The molecule has 66 valence electrons. The van der Waals surface area contributed by atoms with Gasteiger partial charge in [-0.1, -0.05) is 0 Å². The van der Waals surface area contributed by atoms with Gasteiger partial charge in [0, 0.05) is 0 Å². The van der Waals surface area contributed by atoms with E-state index >= 15 is 0 Å². The van der Waals surface area contributed by atoms with Crippen LogP contribution in [0.25, 0.3) is 6.08 Å². The molecule has 0 saturated carbocycles. The quantitative estimate of drug-likeness (QED) is 0.723. The van der Waals surface area contributed by atoms with E-state index in [-0.39, 0.29) is 11.1 Å². The number of nitrogens with one attached hydrogen (secondary N) is 1. The van der Waals surface area contributed by atoms with Crippen LogP contribution in [0, 0.1) is 0 Å². The Hall–Kier alpha value is -1.07. The molecule has 13 heavy (non-hydrogen) atoms. The summed E-state index contributed by atoms with van der Waals surface area (Å²) < 4.78 is 0. The third-order valence-corrected chi connectivity index (χ3v) is 3.00. The average Bonchev–Trinajstić information content (AvgIpc) is 2.63. The molecule has 0 unspecified atom stereocenters. The Labute approximate surface area is 82.8 Å². The molecule has 1 aliphatic heterocycles. The summed E-state index contributed by atoms with van der Waals surface area (Å²) in [5.41, 5.74) is 0.956. The Morgan fingerprint density at radius 1 is 1.38 bits per heavy atom. The van der Waals surface area contributed by atoms with Gasteiger partial charge in [0.2, 0.25) is 0 Å². The van der Waals surface area contributed by atoms with Gasteiger partial charge in [0.05, 0.1) is 4.91 Å². The van der Waals surface area contributed by atoms with Crippen molar-refractivity contribution in [3.63, 3.8) is 0 Å². The molecule has 1 aromatic heterocycles. The van der Waals surface area contributed by atoms with Crippen LogP contribution in [0.3, 0.4) is 0 Å². The predicted molar refractivity (Wildman–Crippen MR) is 53.4 cm³/mol. The van der Waals surface area contributed by atoms with Gasteiger partial charge in [0.1, 0.15) is 0 Å². The number of rotatable bonds is 1. The van der Waals surface area contributed by atoms with Crippen molar-refractivity contribution in [2.24, 2.45) is 0 Å². The summed E-state index contributed by atoms with van der Waals surface area (Å²) in [5, 5.41) is 5.74. The highest BCUT2D eigenvalue weighted by molar-refractivity contribution is 8.18. The van der Waals surface area contributed by atoms with Crippen molar-refractivity contribution in [3.8, 4) is 0 Å². The van der Waals surface area contributed by atoms with Crippen molar-refractivity contribution < 1.29 is 9.59 Å². The van der Waals surface area contributed by atoms with Gasteiger partial charge in [0.15, 0.2) is 0 Å². The number of thioether (sulfide) groups is 1. The number of hydrogen-bond donors (Lipinski definition) is 1. The van der Waals surface area contributed by atoms with E-state index in [1.165, 1.54) is 0 Å². The minimum atomic E-state index is -0.304. The van der Waals surface area contributed by atoms with E-state index in [0.717, 1.165) is 17.3 Å². The Morgan fingerprint density at radius 2 is 2.23 bits per heavy atom. The first kappa shape index (κ1) is 8.52. The normalized spacial score (nSPS) is 19.5. The lowest BCUT2D eigenvalue weighted by Gasteiger charge is -1.87. The molecular formula is C8H5NO2S2. The smallest absolute Gasteiger partial charge is 0.282 e. The summed E-state index contributed by atoms with van der Waals surface area (Å²) >= 11 is 2.49. The number of carbonyl (C=O) groups is 2. The van der Waals surface area contributed by atoms with Crippen LogP contribution in [0.5, 0.6) is 0 Å². The molecule has 1 N–H and O–H groups in total. The van der Waals surface area contributed by atoms with Gasteiger partial charge in [-0.15, -0.1) is 0 Å². The highest BCUT2D eigenvalue weighted by Crippen LogP contribution is 2.25. The maximum Gasteiger partial charge on any atom is 0.290 e. The monoisotopic (exact) mass is 211 g/mol. The second-order valence-corrected chi connectivity index (χ2v) is 4.20. The molecule has 2 heterocycles. The van der Waals surface area contributed by atoms with E-state index < -0.39 is 0 Å². The van der Waals surface area contributed by atoms with Gasteiger partial charge < -0.3 is 0 Å². The summed E-state index contributed by atoms with van der Waals surface area (Å²) in [4.78, 5) is 22.3. The minimum absolute atomic E-state index is 0.300. The molecule has 0 radical (unpaired) electrons. The SMILES string of the molecule is O=C1NC(=O)C(=Cc2ccsc2)S1. The van der Waals surface area contributed by atoms with Gasteiger partial charge in [-0.3, -0.25) is 14.9 Å². The van der Waals surface area contributed by atoms with Crippen LogP contribution in [0.4, 0.5) is 4.79 Å². The third-order valence-electron chi connectivity index (χ3n) is 1.48. The van der Waals surface area contributed by atoms with Crippen molar-refractivity contribution >= 4 is 40.3 Å². The Morgan fingerprint density at radius 3 is 2.77 bits per heavy atom. The molecule has 0 bridgehead atoms. The maximum absolute atomic E-state index is 11.1. The molecule has 0 aromatic carbocycles. The van der Waals surface area contributed by atoms with E-state index in [1.807, 2.05) is 16.8 Å². The predicted octanol–water partition coefficient (Wildman–Crippen LogP) is 2.07. The minimum Gasteiger partial charge on any atom is -0.282 e. The van der Waals surface area contributed by atoms with Crippen LogP contribution in [0.15, 0.2) is 21.7 Å². The summed E-state index contributed by atoms with van der Waals surface area (Å²) in [6.45, 7) is 0. The summed E-state index contributed by atoms with van der Waals surface area (Å²) in [7, 11) is 0. The molecule has 1 aliphatic rings. The highest BCUT2D eigenvalue weighted by Gasteiger charge is 2.24. The first-order valence-electron chi connectivity index (χ1n) is 3.53. The molecule has 2 amide bonds. The molecular weight excluding hydrogens is 206 g/mol.